The Kier molecular flexibility index (Phi) is 3.85. The predicted octanol–water partition coefficient (Wildman–Crippen LogP) is 2.49. The third-order valence-electron chi connectivity index (χ3n) is 4.82. The van der Waals surface area contributed by atoms with Crippen molar-refractivity contribution in [1.82, 2.24) is 15.2 Å². The lowest BCUT2D eigenvalue weighted by Gasteiger charge is -2.48. The molecule has 1 aromatic heterocycles. The molecule has 3 nitrogen and oxygen atoms in total. The maximum Gasteiger partial charge on any atom is 0.0547 e. The van der Waals surface area contributed by atoms with E-state index in [1.165, 1.54) is 37.8 Å². The maximum atomic E-state index is 4.68. The molecule has 0 spiro atoms. The van der Waals surface area contributed by atoms with E-state index in [1.54, 1.807) is 0 Å². The summed E-state index contributed by atoms with van der Waals surface area (Å²) in [6.45, 7) is 3.12. The summed E-state index contributed by atoms with van der Waals surface area (Å²) in [7, 11) is 2.11. The Hall–Kier alpha value is -0.930. The van der Waals surface area contributed by atoms with E-state index in [0.717, 1.165) is 30.4 Å². The van der Waals surface area contributed by atoms with Crippen LogP contribution >= 0.6 is 0 Å². The Morgan fingerprint density at radius 3 is 2.63 bits per heavy atom. The van der Waals surface area contributed by atoms with Gasteiger partial charge in [-0.3, -0.25) is 9.88 Å². The monoisotopic (exact) mass is 259 g/mol. The van der Waals surface area contributed by atoms with Gasteiger partial charge in [0.05, 0.1) is 5.69 Å². The molecule has 19 heavy (non-hydrogen) atoms. The summed E-state index contributed by atoms with van der Waals surface area (Å²) in [5, 5.41) is 3.48. The number of nitrogens with zero attached hydrogens (tertiary/aromatic N) is 2. The average Bonchev–Trinajstić information content (AvgIpc) is 2.38. The fourth-order valence-electron chi connectivity index (χ4n) is 3.85. The lowest BCUT2D eigenvalue weighted by molar-refractivity contribution is 0.0181. The van der Waals surface area contributed by atoms with E-state index in [1.807, 2.05) is 0 Å². The quantitative estimate of drug-likeness (QED) is 0.904. The minimum absolute atomic E-state index is 0.719. The van der Waals surface area contributed by atoms with Crippen LogP contribution in [0.2, 0.25) is 0 Å². The molecule has 2 aliphatic rings. The molecule has 2 bridgehead atoms. The van der Waals surface area contributed by atoms with Gasteiger partial charge in [0, 0.05) is 30.4 Å². The van der Waals surface area contributed by atoms with Crippen molar-refractivity contribution in [2.45, 2.75) is 63.7 Å². The average molecular weight is 259 g/mol. The number of hydrogen-bond donors (Lipinski definition) is 1. The molecule has 3 rings (SSSR count). The number of pyridine rings is 1. The number of hydrogen-bond acceptors (Lipinski definition) is 3. The maximum absolute atomic E-state index is 4.68. The molecule has 2 saturated heterocycles. The van der Waals surface area contributed by atoms with Crippen LogP contribution in [-0.2, 0) is 6.54 Å². The summed E-state index contributed by atoms with van der Waals surface area (Å²) < 4.78 is 0. The Labute approximate surface area is 116 Å². The Morgan fingerprint density at radius 1 is 1.26 bits per heavy atom. The second-order valence-corrected chi connectivity index (χ2v) is 6.14. The normalized spacial score (nSPS) is 31.4. The van der Waals surface area contributed by atoms with Gasteiger partial charge in [-0.25, -0.2) is 0 Å². The first-order chi connectivity index (χ1) is 9.26. The third-order valence-corrected chi connectivity index (χ3v) is 4.82. The van der Waals surface area contributed by atoms with Crippen LogP contribution in [0.4, 0.5) is 0 Å². The molecule has 0 aliphatic carbocycles. The number of nitrogens with one attached hydrogen (secondary N) is 1. The standard InChI is InChI=1S/C16H25N3/c1-12-5-3-6-13(18-12)11-19-15-7-4-8-16(19)10-14(9-15)17-2/h3,5-6,14-17H,4,7-11H2,1-2H3. The number of fused-ring (bicyclic) bond motifs is 2. The van der Waals surface area contributed by atoms with Crippen molar-refractivity contribution < 1.29 is 0 Å². The Morgan fingerprint density at radius 2 is 2.00 bits per heavy atom. The summed E-state index contributed by atoms with van der Waals surface area (Å²) >= 11 is 0. The van der Waals surface area contributed by atoms with Gasteiger partial charge in [0.1, 0.15) is 0 Å². The summed E-state index contributed by atoms with van der Waals surface area (Å²) in [5.74, 6) is 0. The molecule has 3 heteroatoms. The van der Waals surface area contributed by atoms with Crippen molar-refractivity contribution >= 4 is 0 Å². The predicted molar refractivity (Wildman–Crippen MR) is 78.0 cm³/mol. The SMILES string of the molecule is CNC1CC2CCCC(C1)N2Cc1cccc(C)n1. The topological polar surface area (TPSA) is 28.2 Å². The van der Waals surface area contributed by atoms with Crippen molar-refractivity contribution in [3.8, 4) is 0 Å². The number of aromatic nitrogens is 1. The minimum Gasteiger partial charge on any atom is -0.317 e. The molecule has 0 radical (unpaired) electrons. The van der Waals surface area contributed by atoms with Crippen LogP contribution in [-0.4, -0.2) is 35.1 Å². The van der Waals surface area contributed by atoms with E-state index in [0.29, 0.717) is 0 Å². The van der Waals surface area contributed by atoms with Gasteiger partial charge >= 0.3 is 0 Å². The Balaban J connectivity index is 1.73. The van der Waals surface area contributed by atoms with Gasteiger partial charge in [0.2, 0.25) is 0 Å². The van der Waals surface area contributed by atoms with E-state index >= 15 is 0 Å². The Bertz CT molecular complexity index is 418. The van der Waals surface area contributed by atoms with Crippen LogP contribution in [0.5, 0.6) is 0 Å². The van der Waals surface area contributed by atoms with Crippen molar-refractivity contribution in [3.63, 3.8) is 0 Å². The van der Waals surface area contributed by atoms with Crippen molar-refractivity contribution in [2.24, 2.45) is 0 Å². The summed E-state index contributed by atoms with van der Waals surface area (Å²) in [6.07, 6.45) is 6.74. The fourth-order valence-corrected chi connectivity index (χ4v) is 3.85. The summed E-state index contributed by atoms with van der Waals surface area (Å²) in [4.78, 5) is 7.40. The molecule has 2 atom stereocenters. The van der Waals surface area contributed by atoms with E-state index in [2.05, 4.69) is 47.4 Å². The minimum atomic E-state index is 0.719. The lowest BCUT2D eigenvalue weighted by atomic mass is 9.81. The first-order valence-electron chi connectivity index (χ1n) is 7.62. The highest BCUT2D eigenvalue weighted by atomic mass is 15.2. The lowest BCUT2D eigenvalue weighted by Crippen LogP contribution is -2.55. The molecule has 0 aromatic carbocycles. The zero-order valence-electron chi connectivity index (χ0n) is 12.1. The summed E-state index contributed by atoms with van der Waals surface area (Å²) in [6, 6.07) is 8.62. The molecular weight excluding hydrogens is 234 g/mol. The third kappa shape index (κ3) is 2.82. The number of piperidine rings is 2. The van der Waals surface area contributed by atoms with E-state index in [-0.39, 0.29) is 0 Å². The molecule has 104 valence electrons. The van der Waals surface area contributed by atoms with Gasteiger partial charge in [0.25, 0.3) is 0 Å². The fraction of sp³-hybridized carbons (Fsp3) is 0.688. The van der Waals surface area contributed by atoms with E-state index < -0.39 is 0 Å². The van der Waals surface area contributed by atoms with Crippen LogP contribution in [0.15, 0.2) is 18.2 Å². The highest BCUT2D eigenvalue weighted by Gasteiger charge is 2.37. The largest absolute Gasteiger partial charge is 0.317 e. The zero-order chi connectivity index (χ0) is 13.2. The first-order valence-corrected chi connectivity index (χ1v) is 7.62. The number of aryl methyl sites for hydroxylation is 1. The van der Waals surface area contributed by atoms with Crippen molar-refractivity contribution in [2.75, 3.05) is 7.05 Å². The van der Waals surface area contributed by atoms with Crippen LogP contribution in [0, 0.1) is 6.92 Å². The molecule has 2 aliphatic heterocycles. The second-order valence-electron chi connectivity index (χ2n) is 6.14. The van der Waals surface area contributed by atoms with Gasteiger partial charge < -0.3 is 5.32 Å². The summed E-state index contributed by atoms with van der Waals surface area (Å²) in [5.41, 5.74) is 2.37. The van der Waals surface area contributed by atoms with Gasteiger partial charge in [-0.2, -0.15) is 0 Å². The van der Waals surface area contributed by atoms with Crippen LogP contribution in [0.3, 0.4) is 0 Å². The van der Waals surface area contributed by atoms with Gasteiger partial charge in [-0.1, -0.05) is 12.5 Å². The van der Waals surface area contributed by atoms with Gasteiger partial charge in [-0.15, -0.1) is 0 Å². The number of rotatable bonds is 3. The molecular formula is C16H25N3. The van der Waals surface area contributed by atoms with Crippen molar-refractivity contribution in [1.29, 1.82) is 0 Å². The van der Waals surface area contributed by atoms with Crippen molar-refractivity contribution in [3.05, 3.63) is 29.6 Å². The highest BCUT2D eigenvalue weighted by Crippen LogP contribution is 2.34. The van der Waals surface area contributed by atoms with Crippen LogP contribution in [0.25, 0.3) is 0 Å². The van der Waals surface area contributed by atoms with Gasteiger partial charge in [-0.05, 0) is 51.8 Å². The molecule has 1 N–H and O–H groups in total. The van der Waals surface area contributed by atoms with Crippen LogP contribution in [0.1, 0.15) is 43.5 Å². The van der Waals surface area contributed by atoms with E-state index in [4.69, 9.17) is 0 Å². The highest BCUT2D eigenvalue weighted by molar-refractivity contribution is 5.11. The molecule has 0 saturated carbocycles. The van der Waals surface area contributed by atoms with Crippen LogP contribution < -0.4 is 5.32 Å². The van der Waals surface area contributed by atoms with Gasteiger partial charge in [0.15, 0.2) is 0 Å². The second kappa shape index (κ2) is 5.59. The molecule has 0 amide bonds. The van der Waals surface area contributed by atoms with E-state index in [9.17, 15) is 0 Å². The zero-order valence-corrected chi connectivity index (χ0v) is 12.1. The molecule has 2 unspecified atom stereocenters. The molecule has 3 heterocycles. The molecule has 2 fully saturated rings. The smallest absolute Gasteiger partial charge is 0.0547 e. The molecule has 1 aromatic rings. The first kappa shape index (κ1) is 13.1.